The van der Waals surface area contributed by atoms with Gasteiger partial charge in [0, 0.05) is 16.8 Å². The molecule has 0 unspecified atom stereocenters. The number of methoxy groups -OCH3 is 1. The van der Waals surface area contributed by atoms with Gasteiger partial charge in [0.1, 0.15) is 5.82 Å². The summed E-state index contributed by atoms with van der Waals surface area (Å²) < 4.78 is 18.9. The van der Waals surface area contributed by atoms with Crippen LogP contribution in [0.25, 0.3) is 0 Å². The lowest BCUT2D eigenvalue weighted by Gasteiger charge is -2.21. The molecular formula is C18H16ClFN2O3. The van der Waals surface area contributed by atoms with Gasteiger partial charge in [0.2, 0.25) is 5.91 Å². The number of esters is 1. The SMILES string of the molecule is COC(=O)c1cnc2c(c1)N(Cc1c(F)cccc1Cl)C(=O)C2(C)C. The molecule has 7 heteroatoms. The van der Waals surface area contributed by atoms with E-state index in [0.29, 0.717) is 11.4 Å². The van der Waals surface area contributed by atoms with Gasteiger partial charge in [-0.2, -0.15) is 0 Å². The normalized spacial score (nSPS) is 15.2. The molecule has 0 aliphatic carbocycles. The molecule has 1 amide bonds. The van der Waals surface area contributed by atoms with Gasteiger partial charge >= 0.3 is 5.97 Å². The summed E-state index contributed by atoms with van der Waals surface area (Å²) in [7, 11) is 1.27. The number of benzene rings is 1. The van der Waals surface area contributed by atoms with Gasteiger partial charge in [-0.3, -0.25) is 9.78 Å². The Bertz CT molecular complexity index is 862. The second kappa shape index (κ2) is 6.11. The Morgan fingerprint density at radius 1 is 1.40 bits per heavy atom. The Labute approximate surface area is 149 Å². The number of ether oxygens (including phenoxy) is 1. The third kappa shape index (κ3) is 2.76. The molecule has 0 saturated carbocycles. The number of pyridine rings is 1. The van der Waals surface area contributed by atoms with Crippen LogP contribution in [0, 0.1) is 5.82 Å². The van der Waals surface area contributed by atoms with Crippen LogP contribution in [-0.4, -0.2) is 24.0 Å². The van der Waals surface area contributed by atoms with Crippen molar-refractivity contribution >= 4 is 29.2 Å². The largest absolute Gasteiger partial charge is 0.465 e. The van der Waals surface area contributed by atoms with E-state index in [1.54, 1.807) is 19.9 Å². The Morgan fingerprint density at radius 3 is 2.76 bits per heavy atom. The van der Waals surface area contributed by atoms with Crippen molar-refractivity contribution in [1.82, 2.24) is 4.98 Å². The third-order valence-electron chi connectivity index (χ3n) is 4.33. The van der Waals surface area contributed by atoms with Crippen LogP contribution in [-0.2, 0) is 21.5 Å². The highest BCUT2D eigenvalue weighted by molar-refractivity contribution is 6.31. The van der Waals surface area contributed by atoms with Gasteiger partial charge in [-0.1, -0.05) is 17.7 Å². The molecule has 130 valence electrons. The van der Waals surface area contributed by atoms with Gasteiger partial charge < -0.3 is 9.64 Å². The van der Waals surface area contributed by atoms with Crippen LogP contribution in [0.3, 0.4) is 0 Å². The highest BCUT2D eigenvalue weighted by Crippen LogP contribution is 2.42. The molecule has 0 radical (unpaired) electrons. The van der Waals surface area contributed by atoms with E-state index in [-0.39, 0.29) is 28.6 Å². The standard InChI is InChI=1S/C18H16ClFN2O3/c1-18(2)15-14(7-10(8-21-15)16(23)25-3)22(17(18)24)9-11-12(19)5-4-6-13(11)20/h4-8H,9H2,1-3H3. The quantitative estimate of drug-likeness (QED) is 0.784. The van der Waals surface area contributed by atoms with E-state index in [9.17, 15) is 14.0 Å². The molecule has 1 aliphatic heterocycles. The molecule has 1 aromatic heterocycles. The van der Waals surface area contributed by atoms with Crippen LogP contribution < -0.4 is 4.90 Å². The molecule has 0 atom stereocenters. The first-order chi connectivity index (χ1) is 11.8. The van der Waals surface area contributed by atoms with Crippen molar-refractivity contribution in [3.05, 3.63) is 58.1 Å². The monoisotopic (exact) mass is 362 g/mol. The van der Waals surface area contributed by atoms with Crippen LogP contribution in [0.5, 0.6) is 0 Å². The maximum atomic E-state index is 14.1. The van der Waals surface area contributed by atoms with Gasteiger partial charge in [0.05, 0.1) is 36.0 Å². The maximum Gasteiger partial charge on any atom is 0.339 e. The smallest absolute Gasteiger partial charge is 0.339 e. The number of carbonyl (C=O) groups excluding carboxylic acids is 2. The molecule has 5 nitrogen and oxygen atoms in total. The summed E-state index contributed by atoms with van der Waals surface area (Å²) in [5.74, 6) is -1.30. The fraction of sp³-hybridized carbons (Fsp3) is 0.278. The van der Waals surface area contributed by atoms with Crippen molar-refractivity contribution in [2.45, 2.75) is 25.8 Å². The Kier molecular flexibility index (Phi) is 4.24. The van der Waals surface area contributed by atoms with Gasteiger partial charge in [-0.05, 0) is 32.0 Å². The first kappa shape index (κ1) is 17.4. The molecule has 0 bridgehead atoms. The Morgan fingerprint density at radius 2 is 2.12 bits per heavy atom. The van der Waals surface area contributed by atoms with Crippen molar-refractivity contribution in [3.8, 4) is 0 Å². The van der Waals surface area contributed by atoms with Crippen molar-refractivity contribution in [1.29, 1.82) is 0 Å². The first-order valence-corrected chi connectivity index (χ1v) is 7.99. The minimum atomic E-state index is -0.887. The number of hydrogen-bond donors (Lipinski definition) is 0. The van der Waals surface area contributed by atoms with Gasteiger partial charge in [-0.15, -0.1) is 0 Å². The van der Waals surface area contributed by atoms with Gasteiger partial charge in [0.25, 0.3) is 0 Å². The second-order valence-corrected chi connectivity index (χ2v) is 6.71. The van der Waals surface area contributed by atoms with Crippen LogP contribution in [0.15, 0.2) is 30.5 Å². The molecule has 1 aliphatic rings. The minimum absolute atomic E-state index is 0.0485. The van der Waals surface area contributed by atoms with Crippen LogP contribution in [0.1, 0.15) is 35.5 Å². The zero-order valence-electron chi connectivity index (χ0n) is 14.0. The minimum Gasteiger partial charge on any atom is -0.465 e. The molecule has 25 heavy (non-hydrogen) atoms. The van der Waals surface area contributed by atoms with E-state index in [0.717, 1.165) is 0 Å². The summed E-state index contributed by atoms with van der Waals surface area (Å²) in [5, 5.41) is 0.233. The lowest BCUT2D eigenvalue weighted by molar-refractivity contribution is -0.122. The van der Waals surface area contributed by atoms with Crippen LogP contribution in [0.4, 0.5) is 10.1 Å². The molecule has 2 heterocycles. The van der Waals surface area contributed by atoms with Crippen LogP contribution in [0.2, 0.25) is 5.02 Å². The summed E-state index contributed by atoms with van der Waals surface area (Å²) in [6.07, 6.45) is 1.37. The summed E-state index contributed by atoms with van der Waals surface area (Å²) >= 11 is 6.09. The maximum absolute atomic E-state index is 14.1. The Hall–Kier alpha value is -2.47. The molecule has 0 N–H and O–H groups in total. The number of halogens is 2. The van der Waals surface area contributed by atoms with E-state index in [4.69, 9.17) is 16.3 Å². The van der Waals surface area contributed by atoms with E-state index in [1.807, 2.05) is 0 Å². The summed E-state index contributed by atoms with van der Waals surface area (Å²) in [5.41, 5.74) is 0.526. The number of aromatic nitrogens is 1. The predicted octanol–water partition coefficient (Wildman–Crippen LogP) is 3.49. The zero-order chi connectivity index (χ0) is 18.4. The van der Waals surface area contributed by atoms with Crippen LogP contribution >= 0.6 is 11.6 Å². The number of amides is 1. The predicted molar refractivity (Wildman–Crippen MR) is 91.2 cm³/mol. The molecule has 0 spiro atoms. The molecule has 0 fully saturated rings. The molecule has 2 aromatic rings. The van der Waals surface area contributed by atoms with E-state index in [2.05, 4.69) is 4.98 Å². The average molecular weight is 363 g/mol. The number of fused-ring (bicyclic) bond motifs is 1. The highest BCUT2D eigenvalue weighted by atomic mass is 35.5. The second-order valence-electron chi connectivity index (χ2n) is 6.30. The fourth-order valence-corrected chi connectivity index (χ4v) is 3.14. The van der Waals surface area contributed by atoms with E-state index < -0.39 is 17.2 Å². The average Bonchev–Trinajstić information content (AvgIpc) is 2.77. The lowest BCUT2D eigenvalue weighted by Crippen LogP contribution is -2.36. The number of rotatable bonds is 3. The number of carbonyl (C=O) groups is 2. The molecule has 1 aromatic carbocycles. The Balaban J connectivity index is 2.10. The summed E-state index contributed by atoms with van der Waals surface area (Å²) in [6, 6.07) is 5.89. The van der Waals surface area contributed by atoms with E-state index in [1.165, 1.54) is 36.4 Å². The number of hydrogen-bond acceptors (Lipinski definition) is 4. The van der Waals surface area contributed by atoms with Crippen molar-refractivity contribution in [2.24, 2.45) is 0 Å². The molecule has 3 rings (SSSR count). The van der Waals surface area contributed by atoms with E-state index >= 15 is 0 Å². The number of nitrogens with zero attached hydrogens (tertiary/aromatic N) is 2. The zero-order valence-corrected chi connectivity index (χ0v) is 14.7. The first-order valence-electron chi connectivity index (χ1n) is 7.61. The summed E-state index contributed by atoms with van der Waals surface area (Å²) in [4.78, 5) is 30.3. The van der Waals surface area contributed by atoms with Crippen molar-refractivity contribution in [2.75, 3.05) is 12.0 Å². The van der Waals surface area contributed by atoms with Gasteiger partial charge in [0.15, 0.2) is 0 Å². The van der Waals surface area contributed by atoms with Gasteiger partial charge in [-0.25, -0.2) is 9.18 Å². The lowest BCUT2D eigenvalue weighted by atomic mass is 9.90. The number of anilines is 1. The summed E-state index contributed by atoms with van der Waals surface area (Å²) in [6.45, 7) is 3.43. The highest BCUT2D eigenvalue weighted by Gasteiger charge is 2.45. The molecular weight excluding hydrogens is 347 g/mol. The van der Waals surface area contributed by atoms with Crippen molar-refractivity contribution in [3.63, 3.8) is 0 Å². The third-order valence-corrected chi connectivity index (χ3v) is 4.68. The molecule has 0 saturated heterocycles. The van der Waals surface area contributed by atoms with Crippen molar-refractivity contribution < 1.29 is 18.7 Å². The fourth-order valence-electron chi connectivity index (χ4n) is 2.92. The topological polar surface area (TPSA) is 59.5 Å².